The number of fused-ring (bicyclic) bond motifs is 3. The highest BCUT2D eigenvalue weighted by Gasteiger charge is 2.70. The molecule has 0 amide bonds. The van der Waals surface area contributed by atoms with E-state index in [1.165, 1.54) is 0 Å². The molecule has 0 bridgehead atoms. The summed E-state index contributed by atoms with van der Waals surface area (Å²) in [6.07, 6.45) is 4.73. The van der Waals surface area contributed by atoms with E-state index in [4.69, 9.17) is 0 Å². The molecule has 150 valence electrons. The predicted octanol–water partition coefficient (Wildman–Crippen LogP) is 4.42. The van der Waals surface area contributed by atoms with Gasteiger partial charge in [0.25, 0.3) is 0 Å². The fourth-order valence-electron chi connectivity index (χ4n) is 6.55. The van der Waals surface area contributed by atoms with Crippen molar-refractivity contribution < 1.29 is 9.90 Å². The third kappa shape index (κ3) is 2.47. The second-order valence-corrected chi connectivity index (χ2v) is 9.24. The number of aliphatic hydroxyl groups is 1. The van der Waals surface area contributed by atoms with Crippen molar-refractivity contribution in [1.82, 2.24) is 4.90 Å². The van der Waals surface area contributed by atoms with Gasteiger partial charge >= 0.3 is 0 Å². The largest absolute Gasteiger partial charge is 0.389 e. The Labute approximate surface area is 173 Å². The number of ketones is 1. The molecule has 2 fully saturated rings. The molecule has 3 aliphatic carbocycles. The lowest BCUT2D eigenvalue weighted by atomic mass is 9.71. The van der Waals surface area contributed by atoms with E-state index in [0.29, 0.717) is 0 Å². The lowest BCUT2D eigenvalue weighted by Crippen LogP contribution is -2.53. The van der Waals surface area contributed by atoms with Gasteiger partial charge in [-0.15, -0.1) is 0 Å². The van der Waals surface area contributed by atoms with Crippen LogP contribution in [0.25, 0.3) is 11.1 Å². The van der Waals surface area contributed by atoms with E-state index in [9.17, 15) is 9.90 Å². The van der Waals surface area contributed by atoms with Crippen molar-refractivity contribution in [2.45, 2.75) is 43.2 Å². The molecule has 3 aliphatic rings. The maximum absolute atomic E-state index is 14.1. The lowest BCUT2D eigenvalue weighted by Gasteiger charge is -2.42. The standard InChI is InChI=1S/C26H29NO2/c1-27(2)25-17-20-15-9-10-16-26(20,29)24(25)23(28)21(18-11-5-3-6-12-18)22(25)19-13-7-4-8-14-19/h3-8,11-14,20,24,29H,9-10,15-17H2,1-2H3/t20-,24-,25-,26+/m1/s1. The van der Waals surface area contributed by atoms with Crippen molar-refractivity contribution in [3.05, 3.63) is 71.8 Å². The van der Waals surface area contributed by atoms with Crippen LogP contribution in [-0.2, 0) is 4.79 Å². The Morgan fingerprint density at radius 1 is 0.931 bits per heavy atom. The van der Waals surface area contributed by atoms with E-state index in [-0.39, 0.29) is 11.7 Å². The molecule has 3 heteroatoms. The summed E-state index contributed by atoms with van der Waals surface area (Å²) < 4.78 is 0. The van der Waals surface area contributed by atoms with Crippen LogP contribution in [-0.4, -0.2) is 41.0 Å². The fourth-order valence-corrected chi connectivity index (χ4v) is 6.55. The highest BCUT2D eigenvalue weighted by molar-refractivity contribution is 6.34. The second-order valence-electron chi connectivity index (χ2n) is 9.24. The Bertz CT molecular complexity index is 965. The lowest BCUT2D eigenvalue weighted by molar-refractivity contribution is -0.132. The Balaban J connectivity index is 1.82. The number of nitrogens with zero attached hydrogens (tertiary/aromatic N) is 1. The topological polar surface area (TPSA) is 40.5 Å². The maximum Gasteiger partial charge on any atom is 0.172 e. The average molecular weight is 388 g/mol. The van der Waals surface area contributed by atoms with Crippen LogP contribution in [0.3, 0.4) is 0 Å². The molecule has 0 radical (unpaired) electrons. The van der Waals surface area contributed by atoms with Gasteiger partial charge in [0.15, 0.2) is 5.78 Å². The minimum Gasteiger partial charge on any atom is -0.389 e. The summed E-state index contributed by atoms with van der Waals surface area (Å²) in [6.45, 7) is 0. The monoisotopic (exact) mass is 387 g/mol. The van der Waals surface area contributed by atoms with E-state index in [1.807, 2.05) is 48.5 Å². The molecule has 5 rings (SSSR count). The number of carbonyl (C=O) groups is 1. The molecule has 0 aromatic heterocycles. The van der Waals surface area contributed by atoms with E-state index < -0.39 is 17.1 Å². The normalized spacial score (nSPS) is 33.9. The average Bonchev–Trinajstić information content (AvgIpc) is 3.17. The quantitative estimate of drug-likeness (QED) is 0.847. The van der Waals surface area contributed by atoms with Gasteiger partial charge in [-0.3, -0.25) is 9.69 Å². The van der Waals surface area contributed by atoms with Crippen molar-refractivity contribution >= 4 is 16.9 Å². The smallest absolute Gasteiger partial charge is 0.172 e. The van der Waals surface area contributed by atoms with Crippen LogP contribution in [0, 0.1) is 11.8 Å². The van der Waals surface area contributed by atoms with Crippen molar-refractivity contribution in [3.63, 3.8) is 0 Å². The number of hydrogen-bond donors (Lipinski definition) is 1. The Kier molecular flexibility index (Phi) is 4.30. The molecule has 0 unspecified atom stereocenters. The number of benzene rings is 2. The van der Waals surface area contributed by atoms with Crippen LogP contribution in [0.5, 0.6) is 0 Å². The molecule has 2 aromatic carbocycles. The highest BCUT2D eigenvalue weighted by atomic mass is 16.3. The third-order valence-electron chi connectivity index (χ3n) is 7.74. The molecule has 29 heavy (non-hydrogen) atoms. The first-order chi connectivity index (χ1) is 14.0. The van der Waals surface area contributed by atoms with Crippen LogP contribution < -0.4 is 0 Å². The number of likely N-dealkylation sites (N-methyl/N-ethyl adjacent to an activating group) is 1. The minimum absolute atomic E-state index is 0.121. The third-order valence-corrected chi connectivity index (χ3v) is 7.74. The molecule has 0 heterocycles. The molecule has 2 saturated carbocycles. The summed E-state index contributed by atoms with van der Waals surface area (Å²) in [5.74, 6) is -0.0972. The van der Waals surface area contributed by atoms with Gasteiger partial charge in [-0.05, 0) is 56.0 Å². The number of hydrogen-bond acceptors (Lipinski definition) is 3. The first-order valence-corrected chi connectivity index (χ1v) is 10.8. The molecule has 1 N–H and O–H groups in total. The second kappa shape index (κ2) is 6.65. The molecular weight excluding hydrogens is 358 g/mol. The molecule has 0 aliphatic heterocycles. The van der Waals surface area contributed by atoms with Gasteiger partial charge in [-0.1, -0.05) is 73.5 Å². The van der Waals surface area contributed by atoms with Gasteiger partial charge in [-0.2, -0.15) is 0 Å². The van der Waals surface area contributed by atoms with Gasteiger partial charge in [0.05, 0.1) is 17.1 Å². The first kappa shape index (κ1) is 18.8. The summed E-state index contributed by atoms with van der Waals surface area (Å²) in [6, 6.07) is 20.4. The molecule has 3 nitrogen and oxygen atoms in total. The fraction of sp³-hybridized carbons (Fsp3) is 0.423. The van der Waals surface area contributed by atoms with Gasteiger partial charge in [0.1, 0.15) is 0 Å². The number of carbonyl (C=O) groups excluding carboxylic acids is 1. The van der Waals surface area contributed by atoms with Gasteiger partial charge < -0.3 is 5.11 Å². The molecule has 0 spiro atoms. The van der Waals surface area contributed by atoms with Gasteiger partial charge in [0, 0.05) is 5.57 Å². The minimum atomic E-state index is -0.907. The molecule has 2 aromatic rings. The van der Waals surface area contributed by atoms with Gasteiger partial charge in [0.2, 0.25) is 0 Å². The van der Waals surface area contributed by atoms with E-state index in [1.54, 1.807) is 0 Å². The summed E-state index contributed by atoms with van der Waals surface area (Å²) in [4.78, 5) is 16.3. The number of rotatable bonds is 3. The van der Waals surface area contributed by atoms with Crippen molar-refractivity contribution in [2.24, 2.45) is 11.8 Å². The molecule has 4 atom stereocenters. The maximum atomic E-state index is 14.1. The Morgan fingerprint density at radius 3 is 2.17 bits per heavy atom. The van der Waals surface area contributed by atoms with Crippen molar-refractivity contribution in [1.29, 1.82) is 0 Å². The summed E-state index contributed by atoms with van der Waals surface area (Å²) in [5.41, 5.74) is 2.59. The molecular formula is C26H29NO2. The number of Topliss-reactive ketones (excluding diaryl/α,β-unsaturated/α-hetero) is 1. The zero-order chi connectivity index (χ0) is 20.2. The van der Waals surface area contributed by atoms with Gasteiger partial charge in [-0.25, -0.2) is 0 Å². The summed E-state index contributed by atoms with van der Waals surface area (Å²) in [7, 11) is 4.16. The van der Waals surface area contributed by atoms with E-state index >= 15 is 0 Å². The zero-order valence-corrected chi connectivity index (χ0v) is 17.3. The first-order valence-electron chi connectivity index (χ1n) is 10.8. The summed E-state index contributed by atoms with van der Waals surface area (Å²) >= 11 is 0. The molecule has 0 saturated heterocycles. The van der Waals surface area contributed by atoms with Crippen molar-refractivity contribution in [3.8, 4) is 0 Å². The van der Waals surface area contributed by atoms with Crippen LogP contribution in [0.2, 0.25) is 0 Å². The Morgan fingerprint density at radius 2 is 1.55 bits per heavy atom. The van der Waals surface area contributed by atoms with E-state index in [2.05, 4.69) is 31.1 Å². The van der Waals surface area contributed by atoms with Crippen LogP contribution in [0.15, 0.2) is 60.7 Å². The summed E-state index contributed by atoms with van der Waals surface area (Å²) in [5, 5.41) is 11.9. The SMILES string of the molecule is CN(C)[C@@]12C[C@H]3CCCC[C@@]3(O)[C@@H]1C(=O)C(c1ccccc1)=C2c1ccccc1. The van der Waals surface area contributed by atoms with Crippen LogP contribution in [0.4, 0.5) is 0 Å². The van der Waals surface area contributed by atoms with E-state index in [0.717, 1.165) is 54.4 Å². The van der Waals surface area contributed by atoms with Crippen molar-refractivity contribution in [2.75, 3.05) is 14.1 Å². The van der Waals surface area contributed by atoms with Crippen LogP contribution in [0.1, 0.15) is 43.2 Å². The Hall–Kier alpha value is -2.23. The predicted molar refractivity (Wildman–Crippen MR) is 116 cm³/mol. The van der Waals surface area contributed by atoms with Crippen LogP contribution >= 0.6 is 0 Å². The number of allylic oxidation sites excluding steroid dienone is 1. The zero-order valence-electron chi connectivity index (χ0n) is 17.3. The highest BCUT2D eigenvalue weighted by Crippen LogP contribution is 2.65.